The second-order valence-corrected chi connectivity index (χ2v) is 4.19. The Morgan fingerprint density at radius 3 is 2.19 bits per heavy atom. The van der Waals surface area contributed by atoms with Gasteiger partial charge in [0.2, 0.25) is 5.91 Å². The second kappa shape index (κ2) is 12.5. The first-order valence-corrected chi connectivity index (χ1v) is 6.58. The van der Waals surface area contributed by atoms with Gasteiger partial charge in [-0.1, -0.05) is 41.0 Å². The number of nitrogens with two attached hydrogens (primary N) is 1. The summed E-state index contributed by atoms with van der Waals surface area (Å²) in [6.07, 6.45) is 3.32. The number of rotatable bonds is 3. The van der Waals surface area contributed by atoms with Gasteiger partial charge >= 0.3 is 0 Å². The van der Waals surface area contributed by atoms with Gasteiger partial charge in [-0.2, -0.15) is 0 Å². The average molecular weight is 230 g/mol. The lowest BCUT2D eigenvalue weighted by Crippen LogP contribution is -2.19. The quantitative estimate of drug-likeness (QED) is 0.783. The summed E-state index contributed by atoms with van der Waals surface area (Å²) >= 11 is 0. The molecule has 0 aromatic heterocycles. The zero-order valence-corrected chi connectivity index (χ0v) is 11.7. The molecular weight excluding hydrogens is 200 g/mol. The molecule has 0 saturated carbocycles. The van der Waals surface area contributed by atoms with E-state index in [1.54, 1.807) is 0 Å². The van der Waals surface area contributed by atoms with E-state index in [1.165, 1.54) is 19.5 Å². The van der Waals surface area contributed by atoms with E-state index < -0.39 is 0 Å². The van der Waals surface area contributed by atoms with E-state index in [0.717, 1.165) is 18.8 Å². The average Bonchev–Trinajstić information content (AvgIpc) is 2.73. The Labute approximate surface area is 101 Å². The van der Waals surface area contributed by atoms with Crippen molar-refractivity contribution >= 4 is 5.91 Å². The van der Waals surface area contributed by atoms with Crippen molar-refractivity contribution in [3.8, 4) is 0 Å². The number of hydrogen-bond donors (Lipinski definition) is 2. The highest BCUT2D eigenvalue weighted by Crippen LogP contribution is 2.03. The third kappa shape index (κ3) is 11.5. The van der Waals surface area contributed by atoms with Crippen molar-refractivity contribution in [2.24, 2.45) is 17.6 Å². The van der Waals surface area contributed by atoms with E-state index in [0.29, 0.717) is 0 Å². The number of carbonyl (C=O) groups excluding carboxylic acids is 1. The van der Waals surface area contributed by atoms with E-state index in [2.05, 4.69) is 12.2 Å². The van der Waals surface area contributed by atoms with Gasteiger partial charge in [0.05, 0.1) is 0 Å². The van der Waals surface area contributed by atoms with E-state index in [-0.39, 0.29) is 11.8 Å². The third-order valence-electron chi connectivity index (χ3n) is 2.51. The molecule has 2 unspecified atom stereocenters. The molecule has 0 spiro atoms. The molecule has 2 atom stereocenters. The molecule has 16 heavy (non-hydrogen) atoms. The van der Waals surface area contributed by atoms with Gasteiger partial charge < -0.3 is 11.1 Å². The molecular formula is C13H30N2O. The molecule has 3 heteroatoms. The molecule has 3 N–H and O–H groups in total. The van der Waals surface area contributed by atoms with Crippen LogP contribution in [0.4, 0.5) is 0 Å². The fourth-order valence-electron chi connectivity index (χ4n) is 1.37. The van der Waals surface area contributed by atoms with E-state index >= 15 is 0 Å². The lowest BCUT2D eigenvalue weighted by atomic mass is 10.1. The molecule has 98 valence electrons. The van der Waals surface area contributed by atoms with Crippen LogP contribution in [0.1, 0.15) is 53.9 Å². The summed E-state index contributed by atoms with van der Waals surface area (Å²) in [5, 5.41) is 3.27. The third-order valence-corrected chi connectivity index (χ3v) is 2.51. The maximum Gasteiger partial charge on any atom is 0.220 e. The van der Waals surface area contributed by atoms with Crippen LogP contribution in [0.2, 0.25) is 0 Å². The second-order valence-electron chi connectivity index (χ2n) is 4.19. The van der Waals surface area contributed by atoms with Crippen molar-refractivity contribution in [3.05, 3.63) is 0 Å². The van der Waals surface area contributed by atoms with Crippen molar-refractivity contribution in [3.63, 3.8) is 0 Å². The Morgan fingerprint density at radius 2 is 2.06 bits per heavy atom. The van der Waals surface area contributed by atoms with E-state index in [4.69, 9.17) is 5.73 Å². The van der Waals surface area contributed by atoms with Crippen LogP contribution in [0.3, 0.4) is 0 Å². The Bertz CT molecular complexity index is 154. The van der Waals surface area contributed by atoms with Gasteiger partial charge in [0, 0.05) is 5.92 Å². The van der Waals surface area contributed by atoms with Crippen LogP contribution >= 0.6 is 0 Å². The minimum absolute atomic E-state index is 0.0556. The topological polar surface area (TPSA) is 55.1 Å². The summed E-state index contributed by atoms with van der Waals surface area (Å²) in [5.74, 6) is 0.803. The lowest BCUT2D eigenvalue weighted by Gasteiger charge is -2.01. The first-order chi connectivity index (χ1) is 7.57. The van der Waals surface area contributed by atoms with Crippen LogP contribution in [-0.2, 0) is 4.79 Å². The molecule has 0 aromatic carbocycles. The van der Waals surface area contributed by atoms with Crippen LogP contribution < -0.4 is 11.1 Å². The van der Waals surface area contributed by atoms with Gasteiger partial charge in [0.25, 0.3) is 0 Å². The number of nitrogens with one attached hydrogen (secondary N) is 1. The summed E-state index contributed by atoms with van der Waals surface area (Å²) in [4.78, 5) is 10.3. The SMILES string of the molecule is CC.CC1CCNC1.CCCC(C)C(N)=O. The standard InChI is InChI=1S/C6H13NO.C5H11N.C2H6/c1-3-4-5(2)6(7)8;1-5-2-3-6-4-5;1-2/h5H,3-4H2,1-2H3,(H2,7,8);5-6H,2-4H2,1H3;1-2H3. The predicted octanol–water partition coefficient (Wildman–Crippen LogP) is 2.55. The Morgan fingerprint density at radius 1 is 1.50 bits per heavy atom. The minimum Gasteiger partial charge on any atom is -0.369 e. The molecule has 0 aliphatic carbocycles. The molecule has 0 aromatic rings. The first-order valence-electron chi connectivity index (χ1n) is 6.58. The van der Waals surface area contributed by atoms with Crippen LogP contribution in [0.5, 0.6) is 0 Å². The Hall–Kier alpha value is -0.570. The normalized spacial score (nSPS) is 19.9. The highest BCUT2D eigenvalue weighted by atomic mass is 16.1. The highest BCUT2D eigenvalue weighted by Gasteiger charge is 2.06. The predicted molar refractivity (Wildman–Crippen MR) is 71.3 cm³/mol. The number of amides is 1. The van der Waals surface area contributed by atoms with Crippen molar-refractivity contribution < 1.29 is 4.79 Å². The molecule has 1 amide bonds. The minimum atomic E-state index is -0.188. The molecule has 1 aliphatic rings. The smallest absolute Gasteiger partial charge is 0.220 e. The molecule has 1 heterocycles. The van der Waals surface area contributed by atoms with Gasteiger partial charge in [-0.15, -0.1) is 0 Å². The van der Waals surface area contributed by atoms with Gasteiger partial charge in [0.15, 0.2) is 0 Å². The van der Waals surface area contributed by atoms with Crippen LogP contribution in [-0.4, -0.2) is 19.0 Å². The van der Waals surface area contributed by atoms with Crippen LogP contribution in [0.15, 0.2) is 0 Å². The summed E-state index contributed by atoms with van der Waals surface area (Å²) in [7, 11) is 0. The van der Waals surface area contributed by atoms with Gasteiger partial charge in [-0.25, -0.2) is 0 Å². The Kier molecular flexibility index (Phi) is 13.9. The van der Waals surface area contributed by atoms with E-state index in [1.807, 2.05) is 27.7 Å². The maximum absolute atomic E-state index is 10.3. The molecule has 1 rings (SSSR count). The highest BCUT2D eigenvalue weighted by molar-refractivity contribution is 5.76. The molecule has 0 bridgehead atoms. The molecule has 1 saturated heterocycles. The monoisotopic (exact) mass is 230 g/mol. The van der Waals surface area contributed by atoms with Crippen LogP contribution in [0.25, 0.3) is 0 Å². The van der Waals surface area contributed by atoms with Gasteiger partial charge in [-0.05, 0) is 31.8 Å². The Balaban J connectivity index is 0. The van der Waals surface area contributed by atoms with Gasteiger partial charge in [-0.3, -0.25) is 4.79 Å². The molecule has 1 fully saturated rings. The van der Waals surface area contributed by atoms with Crippen LogP contribution in [0, 0.1) is 11.8 Å². The van der Waals surface area contributed by atoms with Gasteiger partial charge in [0.1, 0.15) is 0 Å². The lowest BCUT2D eigenvalue weighted by molar-refractivity contribution is -0.121. The summed E-state index contributed by atoms with van der Waals surface area (Å²) in [6, 6.07) is 0. The summed E-state index contributed by atoms with van der Waals surface area (Å²) in [6.45, 7) is 12.6. The molecule has 3 nitrogen and oxygen atoms in total. The largest absolute Gasteiger partial charge is 0.369 e. The maximum atomic E-state index is 10.3. The van der Waals surface area contributed by atoms with Crippen molar-refractivity contribution in [2.45, 2.75) is 53.9 Å². The van der Waals surface area contributed by atoms with Crippen molar-refractivity contribution in [2.75, 3.05) is 13.1 Å². The molecule has 1 aliphatic heterocycles. The summed E-state index contributed by atoms with van der Waals surface area (Å²) < 4.78 is 0. The number of primary amides is 1. The zero-order chi connectivity index (χ0) is 13.0. The fraction of sp³-hybridized carbons (Fsp3) is 0.923. The zero-order valence-electron chi connectivity index (χ0n) is 11.7. The van der Waals surface area contributed by atoms with Crippen molar-refractivity contribution in [1.82, 2.24) is 5.32 Å². The summed E-state index contributed by atoms with van der Waals surface area (Å²) in [5.41, 5.74) is 4.98. The first kappa shape index (κ1) is 17.8. The molecule has 0 radical (unpaired) electrons. The number of hydrogen-bond acceptors (Lipinski definition) is 2. The van der Waals surface area contributed by atoms with Crippen molar-refractivity contribution in [1.29, 1.82) is 0 Å². The van der Waals surface area contributed by atoms with E-state index in [9.17, 15) is 4.79 Å². The number of carbonyl (C=O) groups is 1. The fourth-order valence-corrected chi connectivity index (χ4v) is 1.37.